The number of ether oxygens (including phenoxy) is 2. The van der Waals surface area contributed by atoms with Gasteiger partial charge in [0.2, 0.25) is 0 Å². The number of rotatable bonds is 4. The molecule has 100 valence electrons. The van der Waals surface area contributed by atoms with Crippen molar-refractivity contribution in [3.63, 3.8) is 0 Å². The Labute approximate surface area is 116 Å². The fourth-order valence-electron chi connectivity index (χ4n) is 2.47. The van der Waals surface area contributed by atoms with Crippen LogP contribution in [0.5, 0.6) is 0 Å². The Hall–Kier alpha value is -0.650. The monoisotopic (exact) mass is 314 g/mol. The van der Waals surface area contributed by atoms with E-state index in [0.29, 0.717) is 5.92 Å². The standard InChI is InChI=1S/C13H19BrN2O2/c1-17-13(18-2)10-5-7-16(8-6-10)11-3-4-12(14)15-9-11/h3-4,9-10,13H,5-8H2,1-2H3. The van der Waals surface area contributed by atoms with E-state index in [1.165, 1.54) is 5.69 Å². The molecular weight excluding hydrogens is 296 g/mol. The molecular formula is C13H19BrN2O2. The second-order valence-electron chi connectivity index (χ2n) is 4.50. The Bertz CT molecular complexity index is 360. The Balaban J connectivity index is 1.92. The van der Waals surface area contributed by atoms with E-state index in [9.17, 15) is 0 Å². The summed E-state index contributed by atoms with van der Waals surface area (Å²) in [5.41, 5.74) is 1.18. The first-order chi connectivity index (χ1) is 8.74. The molecule has 0 aromatic carbocycles. The third kappa shape index (κ3) is 3.22. The largest absolute Gasteiger partial charge is 0.370 e. The van der Waals surface area contributed by atoms with Crippen LogP contribution in [0.3, 0.4) is 0 Å². The molecule has 18 heavy (non-hydrogen) atoms. The third-order valence-corrected chi connectivity index (χ3v) is 3.94. The molecule has 5 heteroatoms. The lowest BCUT2D eigenvalue weighted by Gasteiger charge is -2.35. The normalized spacial score (nSPS) is 17.4. The van der Waals surface area contributed by atoms with Crippen LogP contribution in [0.4, 0.5) is 5.69 Å². The highest BCUT2D eigenvalue weighted by atomic mass is 79.9. The maximum absolute atomic E-state index is 5.34. The molecule has 0 atom stereocenters. The molecule has 0 saturated carbocycles. The van der Waals surface area contributed by atoms with Crippen LogP contribution < -0.4 is 4.90 Å². The van der Waals surface area contributed by atoms with E-state index in [1.54, 1.807) is 14.2 Å². The van der Waals surface area contributed by atoms with Crippen LogP contribution in [0.15, 0.2) is 22.9 Å². The summed E-state index contributed by atoms with van der Waals surface area (Å²) in [6.07, 6.45) is 4.01. The zero-order valence-electron chi connectivity index (χ0n) is 10.8. The van der Waals surface area contributed by atoms with Crippen molar-refractivity contribution in [2.75, 3.05) is 32.2 Å². The van der Waals surface area contributed by atoms with Crippen LogP contribution >= 0.6 is 15.9 Å². The van der Waals surface area contributed by atoms with Crippen molar-refractivity contribution in [2.45, 2.75) is 19.1 Å². The molecule has 2 rings (SSSR count). The van der Waals surface area contributed by atoms with E-state index in [2.05, 4.69) is 31.9 Å². The lowest BCUT2D eigenvalue weighted by atomic mass is 9.96. The number of pyridine rings is 1. The Kier molecular flexibility index (Phi) is 4.97. The van der Waals surface area contributed by atoms with Crippen LogP contribution in [0.25, 0.3) is 0 Å². The van der Waals surface area contributed by atoms with Crippen molar-refractivity contribution in [2.24, 2.45) is 5.92 Å². The summed E-state index contributed by atoms with van der Waals surface area (Å²) in [4.78, 5) is 6.63. The zero-order valence-corrected chi connectivity index (χ0v) is 12.4. The average molecular weight is 315 g/mol. The van der Waals surface area contributed by atoms with Crippen molar-refractivity contribution < 1.29 is 9.47 Å². The first-order valence-electron chi connectivity index (χ1n) is 6.16. The molecule has 0 amide bonds. The van der Waals surface area contributed by atoms with Crippen LogP contribution in [0.1, 0.15) is 12.8 Å². The van der Waals surface area contributed by atoms with Crippen molar-refractivity contribution >= 4 is 21.6 Å². The van der Waals surface area contributed by atoms with Gasteiger partial charge in [0.25, 0.3) is 0 Å². The smallest absolute Gasteiger partial charge is 0.159 e. The summed E-state index contributed by atoms with van der Waals surface area (Å²) in [6, 6.07) is 4.08. The minimum atomic E-state index is -0.0739. The number of anilines is 1. The number of methoxy groups -OCH3 is 2. The number of halogens is 1. The lowest BCUT2D eigenvalue weighted by molar-refractivity contribution is -0.141. The summed E-state index contributed by atoms with van der Waals surface area (Å²) in [5, 5.41) is 0. The number of nitrogens with zero attached hydrogens (tertiary/aromatic N) is 2. The first-order valence-corrected chi connectivity index (χ1v) is 6.96. The Morgan fingerprint density at radius 1 is 1.28 bits per heavy atom. The molecule has 0 aliphatic carbocycles. The molecule has 4 nitrogen and oxygen atoms in total. The van der Waals surface area contributed by atoms with Gasteiger partial charge in [-0.2, -0.15) is 0 Å². The molecule has 0 bridgehead atoms. The van der Waals surface area contributed by atoms with Gasteiger partial charge in [0.15, 0.2) is 6.29 Å². The average Bonchev–Trinajstić information content (AvgIpc) is 2.42. The minimum Gasteiger partial charge on any atom is -0.370 e. The van der Waals surface area contributed by atoms with Crippen molar-refractivity contribution in [3.8, 4) is 0 Å². The molecule has 1 fully saturated rings. The fourth-order valence-corrected chi connectivity index (χ4v) is 2.70. The lowest BCUT2D eigenvalue weighted by Crippen LogP contribution is -2.39. The van der Waals surface area contributed by atoms with Gasteiger partial charge >= 0.3 is 0 Å². The molecule has 0 radical (unpaired) electrons. The van der Waals surface area contributed by atoms with Crippen LogP contribution in [-0.2, 0) is 9.47 Å². The maximum Gasteiger partial charge on any atom is 0.159 e. The van der Waals surface area contributed by atoms with Crippen LogP contribution in [0.2, 0.25) is 0 Å². The predicted molar refractivity (Wildman–Crippen MR) is 74.7 cm³/mol. The van der Waals surface area contributed by atoms with Gasteiger partial charge in [-0.05, 0) is 40.9 Å². The van der Waals surface area contributed by atoms with Crippen LogP contribution in [-0.4, -0.2) is 38.6 Å². The summed E-state index contributed by atoms with van der Waals surface area (Å²) >= 11 is 3.35. The number of hydrogen-bond acceptors (Lipinski definition) is 4. The summed E-state index contributed by atoms with van der Waals surface area (Å²) in [5.74, 6) is 0.486. The van der Waals surface area contributed by atoms with E-state index in [1.807, 2.05) is 12.3 Å². The highest BCUT2D eigenvalue weighted by molar-refractivity contribution is 9.10. The van der Waals surface area contributed by atoms with E-state index in [-0.39, 0.29) is 6.29 Å². The SMILES string of the molecule is COC(OC)C1CCN(c2ccc(Br)nc2)CC1. The molecule has 0 unspecified atom stereocenters. The van der Waals surface area contributed by atoms with E-state index in [4.69, 9.17) is 9.47 Å². The zero-order chi connectivity index (χ0) is 13.0. The first kappa shape index (κ1) is 13.8. The molecule has 2 heterocycles. The summed E-state index contributed by atoms with van der Waals surface area (Å²) in [7, 11) is 3.42. The van der Waals surface area contributed by atoms with Gasteiger partial charge < -0.3 is 14.4 Å². The fraction of sp³-hybridized carbons (Fsp3) is 0.615. The molecule has 0 N–H and O–H groups in total. The van der Waals surface area contributed by atoms with Gasteiger partial charge in [0.05, 0.1) is 11.9 Å². The number of aromatic nitrogens is 1. The molecule has 1 aromatic heterocycles. The predicted octanol–water partition coefficient (Wildman–Crippen LogP) is 2.68. The minimum absolute atomic E-state index is 0.0739. The number of piperidine rings is 1. The Morgan fingerprint density at radius 3 is 2.44 bits per heavy atom. The van der Waals surface area contributed by atoms with E-state index >= 15 is 0 Å². The van der Waals surface area contributed by atoms with Gasteiger partial charge in [-0.1, -0.05) is 0 Å². The van der Waals surface area contributed by atoms with Gasteiger partial charge in [-0.25, -0.2) is 4.98 Å². The van der Waals surface area contributed by atoms with Crippen molar-refractivity contribution in [1.82, 2.24) is 4.98 Å². The third-order valence-electron chi connectivity index (χ3n) is 3.47. The van der Waals surface area contributed by atoms with E-state index in [0.717, 1.165) is 30.5 Å². The molecule has 1 aliphatic rings. The Morgan fingerprint density at radius 2 is 1.94 bits per heavy atom. The number of hydrogen-bond donors (Lipinski definition) is 0. The molecule has 0 spiro atoms. The quantitative estimate of drug-likeness (QED) is 0.632. The van der Waals surface area contributed by atoms with Gasteiger partial charge in [-0.3, -0.25) is 0 Å². The second kappa shape index (κ2) is 6.50. The second-order valence-corrected chi connectivity index (χ2v) is 5.32. The summed E-state index contributed by atoms with van der Waals surface area (Å²) in [6.45, 7) is 2.05. The van der Waals surface area contributed by atoms with Gasteiger partial charge in [0, 0.05) is 33.2 Å². The highest BCUT2D eigenvalue weighted by Gasteiger charge is 2.26. The summed E-state index contributed by atoms with van der Waals surface area (Å²) < 4.78 is 11.5. The molecule has 1 aliphatic heterocycles. The van der Waals surface area contributed by atoms with Gasteiger partial charge in [0.1, 0.15) is 4.60 Å². The topological polar surface area (TPSA) is 34.6 Å². The van der Waals surface area contributed by atoms with Crippen LogP contribution in [0, 0.1) is 5.92 Å². The van der Waals surface area contributed by atoms with Crippen molar-refractivity contribution in [3.05, 3.63) is 22.9 Å². The molecule has 1 aromatic rings. The van der Waals surface area contributed by atoms with Gasteiger partial charge in [-0.15, -0.1) is 0 Å². The van der Waals surface area contributed by atoms with E-state index < -0.39 is 0 Å². The molecule has 1 saturated heterocycles. The highest BCUT2D eigenvalue weighted by Crippen LogP contribution is 2.26. The maximum atomic E-state index is 5.34. The van der Waals surface area contributed by atoms with Crippen molar-refractivity contribution in [1.29, 1.82) is 0 Å².